The molecule has 1 aromatic carbocycles. The SMILES string of the molecule is CC(C)(Oc1ccc(Cl)cc1)C(=O)NCC1CCN(CC(F)(F)F)CC1. The fourth-order valence-corrected chi connectivity index (χ4v) is 3.02. The standard InChI is InChI=1S/C18H24ClF3N2O2/c1-17(2,26-15-5-3-14(19)4-6-15)16(25)23-11-13-7-9-24(10-8-13)12-18(20,21)22/h3-6,13H,7-12H2,1-2H3,(H,23,25). The number of ether oxygens (including phenoxy) is 1. The molecule has 4 nitrogen and oxygen atoms in total. The van der Waals surface area contributed by atoms with Gasteiger partial charge in [0.05, 0.1) is 6.54 Å². The molecule has 1 saturated heterocycles. The van der Waals surface area contributed by atoms with Gasteiger partial charge in [0.25, 0.3) is 5.91 Å². The number of amides is 1. The van der Waals surface area contributed by atoms with Crippen LogP contribution in [0.2, 0.25) is 5.02 Å². The van der Waals surface area contributed by atoms with Gasteiger partial charge in [-0.1, -0.05) is 11.6 Å². The van der Waals surface area contributed by atoms with E-state index in [1.54, 1.807) is 38.1 Å². The van der Waals surface area contributed by atoms with E-state index in [4.69, 9.17) is 16.3 Å². The number of rotatable bonds is 6. The van der Waals surface area contributed by atoms with Gasteiger partial charge in [0.1, 0.15) is 5.75 Å². The minimum Gasteiger partial charge on any atom is -0.478 e. The van der Waals surface area contributed by atoms with E-state index >= 15 is 0 Å². The van der Waals surface area contributed by atoms with E-state index in [9.17, 15) is 18.0 Å². The number of hydrogen-bond acceptors (Lipinski definition) is 3. The third kappa shape index (κ3) is 6.68. The first kappa shape index (κ1) is 20.8. The Labute approximate surface area is 156 Å². The maximum atomic E-state index is 12.4. The summed E-state index contributed by atoms with van der Waals surface area (Å²) in [5, 5.41) is 3.44. The Morgan fingerprint density at radius 1 is 1.23 bits per heavy atom. The van der Waals surface area contributed by atoms with Crippen molar-refractivity contribution in [2.24, 2.45) is 5.92 Å². The second-order valence-corrected chi connectivity index (χ2v) is 7.55. The third-order valence-electron chi connectivity index (χ3n) is 4.39. The van der Waals surface area contributed by atoms with Gasteiger partial charge in [0.15, 0.2) is 5.60 Å². The molecule has 0 unspecified atom stereocenters. The van der Waals surface area contributed by atoms with Crippen molar-refractivity contribution in [1.29, 1.82) is 0 Å². The third-order valence-corrected chi connectivity index (χ3v) is 4.65. The van der Waals surface area contributed by atoms with Crippen molar-refractivity contribution in [3.05, 3.63) is 29.3 Å². The number of alkyl halides is 3. The summed E-state index contributed by atoms with van der Waals surface area (Å²) in [5.74, 6) is 0.454. The first-order chi connectivity index (χ1) is 12.0. The summed E-state index contributed by atoms with van der Waals surface area (Å²) in [6.45, 7) is 3.70. The molecule has 0 spiro atoms. The molecule has 0 aliphatic carbocycles. The largest absolute Gasteiger partial charge is 0.478 e. The van der Waals surface area contributed by atoms with Crippen molar-refractivity contribution >= 4 is 17.5 Å². The molecule has 1 aliphatic heterocycles. The Balaban J connectivity index is 1.76. The average molecular weight is 393 g/mol. The first-order valence-electron chi connectivity index (χ1n) is 8.57. The Hall–Kier alpha value is -1.47. The fourth-order valence-electron chi connectivity index (χ4n) is 2.90. The predicted molar refractivity (Wildman–Crippen MR) is 94.4 cm³/mol. The quantitative estimate of drug-likeness (QED) is 0.798. The van der Waals surface area contributed by atoms with Gasteiger partial charge in [-0.2, -0.15) is 13.2 Å². The molecule has 1 fully saturated rings. The minimum absolute atomic E-state index is 0.176. The lowest BCUT2D eigenvalue weighted by atomic mass is 9.96. The second kappa shape index (κ2) is 8.48. The smallest absolute Gasteiger partial charge is 0.401 e. The fraction of sp³-hybridized carbons (Fsp3) is 0.611. The summed E-state index contributed by atoms with van der Waals surface area (Å²) in [7, 11) is 0. The monoisotopic (exact) mass is 392 g/mol. The van der Waals surface area contributed by atoms with Crippen LogP contribution in [0.15, 0.2) is 24.3 Å². The van der Waals surface area contributed by atoms with Crippen LogP contribution in [0.3, 0.4) is 0 Å². The van der Waals surface area contributed by atoms with Crippen LogP contribution in [0, 0.1) is 5.92 Å². The van der Waals surface area contributed by atoms with Crippen LogP contribution in [-0.4, -0.2) is 48.8 Å². The van der Waals surface area contributed by atoms with Crippen LogP contribution in [0.5, 0.6) is 5.75 Å². The van der Waals surface area contributed by atoms with Crippen LogP contribution >= 0.6 is 11.6 Å². The summed E-state index contributed by atoms with van der Waals surface area (Å²) in [5.41, 5.74) is -1.06. The summed E-state index contributed by atoms with van der Waals surface area (Å²) in [6, 6.07) is 6.74. The number of carbonyl (C=O) groups excluding carboxylic acids is 1. The van der Waals surface area contributed by atoms with E-state index in [0.29, 0.717) is 43.2 Å². The molecule has 146 valence electrons. The Bertz CT molecular complexity index is 597. The number of benzene rings is 1. The lowest BCUT2D eigenvalue weighted by Gasteiger charge is -2.33. The Kier molecular flexibility index (Phi) is 6.80. The number of piperidine rings is 1. The number of nitrogens with one attached hydrogen (secondary N) is 1. The summed E-state index contributed by atoms with van der Waals surface area (Å²) in [6.07, 6.45) is -2.90. The molecule has 0 bridgehead atoms. The van der Waals surface area contributed by atoms with Gasteiger partial charge in [-0.05, 0) is 70.0 Å². The van der Waals surface area contributed by atoms with Crippen molar-refractivity contribution in [3.63, 3.8) is 0 Å². The van der Waals surface area contributed by atoms with E-state index in [1.807, 2.05) is 0 Å². The van der Waals surface area contributed by atoms with Crippen LogP contribution in [0.4, 0.5) is 13.2 Å². The summed E-state index contributed by atoms with van der Waals surface area (Å²) in [4.78, 5) is 13.8. The Morgan fingerprint density at radius 2 is 1.81 bits per heavy atom. The van der Waals surface area contributed by atoms with Crippen LogP contribution in [0.1, 0.15) is 26.7 Å². The Morgan fingerprint density at radius 3 is 2.35 bits per heavy atom. The van der Waals surface area contributed by atoms with Gasteiger partial charge >= 0.3 is 6.18 Å². The van der Waals surface area contributed by atoms with Crippen LogP contribution in [-0.2, 0) is 4.79 Å². The molecule has 8 heteroatoms. The molecular formula is C18H24ClF3N2O2. The van der Waals surface area contributed by atoms with E-state index < -0.39 is 18.3 Å². The molecule has 1 aromatic rings. The molecule has 0 radical (unpaired) electrons. The zero-order valence-corrected chi connectivity index (χ0v) is 15.7. The molecule has 2 rings (SSSR count). The van der Waals surface area contributed by atoms with Gasteiger partial charge in [-0.25, -0.2) is 0 Å². The average Bonchev–Trinajstić information content (AvgIpc) is 2.54. The highest BCUT2D eigenvalue weighted by molar-refractivity contribution is 6.30. The van der Waals surface area contributed by atoms with Gasteiger partial charge < -0.3 is 10.1 Å². The van der Waals surface area contributed by atoms with Crippen molar-refractivity contribution in [2.75, 3.05) is 26.2 Å². The first-order valence-corrected chi connectivity index (χ1v) is 8.95. The lowest BCUT2D eigenvalue weighted by molar-refractivity contribution is -0.148. The molecule has 26 heavy (non-hydrogen) atoms. The normalized spacial score (nSPS) is 17.2. The molecule has 1 aliphatic rings. The van der Waals surface area contributed by atoms with E-state index in [2.05, 4.69) is 5.32 Å². The molecule has 1 N–H and O–H groups in total. The summed E-state index contributed by atoms with van der Waals surface area (Å²) < 4.78 is 42.9. The minimum atomic E-state index is -4.16. The maximum Gasteiger partial charge on any atom is 0.401 e. The van der Waals surface area contributed by atoms with Crippen molar-refractivity contribution < 1.29 is 22.7 Å². The molecule has 1 heterocycles. The van der Waals surface area contributed by atoms with E-state index in [1.165, 1.54) is 4.90 Å². The summed E-state index contributed by atoms with van der Waals surface area (Å²) >= 11 is 5.83. The highest BCUT2D eigenvalue weighted by Gasteiger charge is 2.33. The predicted octanol–water partition coefficient (Wildman–Crippen LogP) is 3.89. The number of hydrogen-bond donors (Lipinski definition) is 1. The van der Waals surface area contributed by atoms with Crippen LogP contribution < -0.4 is 10.1 Å². The molecule has 1 amide bonds. The maximum absolute atomic E-state index is 12.4. The van der Waals surface area contributed by atoms with Crippen LogP contribution in [0.25, 0.3) is 0 Å². The number of likely N-dealkylation sites (tertiary alicyclic amines) is 1. The van der Waals surface area contributed by atoms with E-state index in [0.717, 1.165) is 0 Å². The molecule has 0 saturated carbocycles. The topological polar surface area (TPSA) is 41.6 Å². The van der Waals surface area contributed by atoms with Crippen molar-refractivity contribution in [3.8, 4) is 5.75 Å². The number of nitrogens with zero attached hydrogens (tertiary/aromatic N) is 1. The van der Waals surface area contributed by atoms with Crippen molar-refractivity contribution in [2.45, 2.75) is 38.5 Å². The second-order valence-electron chi connectivity index (χ2n) is 7.11. The molecular weight excluding hydrogens is 369 g/mol. The highest BCUT2D eigenvalue weighted by atomic mass is 35.5. The number of carbonyl (C=O) groups is 1. The highest BCUT2D eigenvalue weighted by Crippen LogP contribution is 2.23. The number of halogens is 4. The zero-order valence-electron chi connectivity index (χ0n) is 14.9. The van der Waals surface area contributed by atoms with E-state index in [-0.39, 0.29) is 11.8 Å². The lowest BCUT2D eigenvalue weighted by Crippen LogP contribution is -2.49. The molecule has 0 aromatic heterocycles. The molecule has 0 atom stereocenters. The van der Waals surface area contributed by atoms with Gasteiger partial charge in [-0.3, -0.25) is 9.69 Å². The van der Waals surface area contributed by atoms with Gasteiger partial charge in [0.2, 0.25) is 0 Å². The van der Waals surface area contributed by atoms with Crippen molar-refractivity contribution in [1.82, 2.24) is 10.2 Å². The van der Waals surface area contributed by atoms with Gasteiger partial charge in [-0.15, -0.1) is 0 Å². The zero-order chi connectivity index (χ0) is 19.4. The van der Waals surface area contributed by atoms with Gasteiger partial charge in [0, 0.05) is 11.6 Å².